The largest absolute Gasteiger partial charge is 0.365 e. The monoisotopic (exact) mass is 350 g/mol. The van der Waals surface area contributed by atoms with Crippen LogP contribution in [0.5, 0.6) is 0 Å². The molecular weight excluding hydrogens is 331 g/mol. The molecule has 3 rings (SSSR count). The summed E-state index contributed by atoms with van der Waals surface area (Å²) in [4.78, 5) is 14.0. The van der Waals surface area contributed by atoms with Crippen LogP contribution in [0.15, 0.2) is 66.7 Å². The van der Waals surface area contributed by atoms with E-state index in [-0.39, 0.29) is 17.4 Å². The van der Waals surface area contributed by atoms with Crippen LogP contribution in [-0.4, -0.2) is 28.1 Å². The fourth-order valence-corrected chi connectivity index (χ4v) is 2.46. The van der Waals surface area contributed by atoms with E-state index in [4.69, 9.17) is 0 Å². The van der Waals surface area contributed by atoms with Crippen molar-refractivity contribution in [2.75, 3.05) is 12.4 Å². The van der Waals surface area contributed by atoms with E-state index in [0.717, 1.165) is 11.1 Å². The van der Waals surface area contributed by atoms with Crippen LogP contribution in [-0.2, 0) is 13.1 Å². The molecule has 5 nitrogen and oxygen atoms in total. The minimum absolute atomic E-state index is 0.188. The lowest BCUT2D eigenvalue weighted by molar-refractivity contribution is 0.0778. The van der Waals surface area contributed by atoms with E-state index in [2.05, 4.69) is 15.5 Å². The van der Waals surface area contributed by atoms with Crippen LogP contribution >= 0.6 is 0 Å². The third-order valence-electron chi connectivity index (χ3n) is 3.88. The molecule has 1 amide bonds. The van der Waals surface area contributed by atoms with E-state index in [0.29, 0.717) is 18.9 Å². The van der Waals surface area contributed by atoms with Gasteiger partial charge in [-0.1, -0.05) is 42.5 Å². The molecule has 1 aromatic heterocycles. The summed E-state index contributed by atoms with van der Waals surface area (Å²) < 4.78 is 12.9. The molecule has 0 fully saturated rings. The smallest absolute Gasteiger partial charge is 0.274 e. The fourth-order valence-electron chi connectivity index (χ4n) is 2.46. The third kappa shape index (κ3) is 4.63. The molecule has 0 aliphatic heterocycles. The second-order valence-corrected chi connectivity index (χ2v) is 5.93. The highest BCUT2D eigenvalue weighted by Crippen LogP contribution is 2.10. The highest BCUT2D eigenvalue weighted by atomic mass is 19.1. The second-order valence-electron chi connectivity index (χ2n) is 5.93. The summed E-state index contributed by atoms with van der Waals surface area (Å²) in [5.74, 6) is 0.0963. The normalized spacial score (nSPS) is 10.4. The van der Waals surface area contributed by atoms with Crippen LogP contribution in [0, 0.1) is 5.82 Å². The average Bonchev–Trinajstić information content (AvgIpc) is 2.68. The van der Waals surface area contributed by atoms with Crippen molar-refractivity contribution in [3.05, 3.63) is 89.4 Å². The van der Waals surface area contributed by atoms with E-state index in [1.54, 1.807) is 36.2 Å². The lowest BCUT2D eigenvalue weighted by Crippen LogP contribution is -2.27. The predicted octanol–water partition coefficient (Wildman–Crippen LogP) is 3.50. The quantitative estimate of drug-likeness (QED) is 0.739. The Balaban J connectivity index is 1.57. The molecular formula is C20H19FN4O. The van der Waals surface area contributed by atoms with Gasteiger partial charge in [-0.3, -0.25) is 4.79 Å². The number of rotatable bonds is 6. The molecule has 0 aliphatic carbocycles. The Hall–Kier alpha value is -3.28. The zero-order valence-electron chi connectivity index (χ0n) is 14.4. The molecule has 0 unspecified atom stereocenters. The number of hydrogen-bond acceptors (Lipinski definition) is 4. The SMILES string of the molecule is CN(Cc1ccccc1)C(=O)c1ccc(NCc2ccc(F)cc2)nn1. The number of aromatic nitrogens is 2. The topological polar surface area (TPSA) is 58.1 Å². The van der Waals surface area contributed by atoms with Gasteiger partial charge < -0.3 is 10.2 Å². The second kappa shape index (κ2) is 8.20. The highest BCUT2D eigenvalue weighted by molar-refractivity contribution is 5.92. The first-order valence-electron chi connectivity index (χ1n) is 8.23. The zero-order chi connectivity index (χ0) is 18.4. The predicted molar refractivity (Wildman–Crippen MR) is 98.0 cm³/mol. The Morgan fingerprint density at radius 3 is 2.35 bits per heavy atom. The van der Waals surface area contributed by atoms with Gasteiger partial charge >= 0.3 is 0 Å². The number of anilines is 1. The average molecular weight is 350 g/mol. The minimum Gasteiger partial charge on any atom is -0.365 e. The van der Waals surface area contributed by atoms with Crippen molar-refractivity contribution in [1.82, 2.24) is 15.1 Å². The maximum Gasteiger partial charge on any atom is 0.274 e. The Kier molecular flexibility index (Phi) is 5.53. The van der Waals surface area contributed by atoms with Gasteiger partial charge in [-0.2, -0.15) is 0 Å². The maximum absolute atomic E-state index is 12.9. The highest BCUT2D eigenvalue weighted by Gasteiger charge is 2.14. The van der Waals surface area contributed by atoms with E-state index >= 15 is 0 Å². The molecule has 132 valence electrons. The van der Waals surface area contributed by atoms with Gasteiger partial charge in [0.25, 0.3) is 5.91 Å². The Morgan fingerprint density at radius 2 is 1.69 bits per heavy atom. The number of hydrogen-bond donors (Lipinski definition) is 1. The number of carbonyl (C=O) groups excluding carboxylic acids is 1. The minimum atomic E-state index is -0.268. The number of carbonyl (C=O) groups is 1. The number of amides is 1. The molecule has 0 bridgehead atoms. The first-order valence-corrected chi connectivity index (χ1v) is 8.23. The van der Waals surface area contributed by atoms with Crippen molar-refractivity contribution < 1.29 is 9.18 Å². The molecule has 0 spiro atoms. The molecule has 1 heterocycles. The zero-order valence-corrected chi connectivity index (χ0v) is 14.4. The lowest BCUT2D eigenvalue weighted by Gasteiger charge is -2.16. The summed E-state index contributed by atoms with van der Waals surface area (Å²) in [6.45, 7) is 1.00. The first-order chi connectivity index (χ1) is 12.6. The van der Waals surface area contributed by atoms with Crippen LogP contribution in [0.4, 0.5) is 10.2 Å². The van der Waals surface area contributed by atoms with Gasteiger partial charge in [0.1, 0.15) is 11.6 Å². The summed E-state index contributed by atoms with van der Waals surface area (Å²) in [6.07, 6.45) is 0. The molecule has 26 heavy (non-hydrogen) atoms. The van der Waals surface area contributed by atoms with Crippen molar-refractivity contribution in [3.8, 4) is 0 Å². The first kappa shape index (κ1) is 17.5. The molecule has 0 atom stereocenters. The molecule has 6 heteroatoms. The van der Waals surface area contributed by atoms with Crippen LogP contribution in [0.1, 0.15) is 21.6 Å². The Bertz CT molecular complexity index is 851. The molecule has 2 aromatic carbocycles. The Morgan fingerprint density at radius 1 is 0.962 bits per heavy atom. The molecule has 0 saturated carbocycles. The van der Waals surface area contributed by atoms with Crippen LogP contribution in [0.2, 0.25) is 0 Å². The van der Waals surface area contributed by atoms with Gasteiger partial charge in [0, 0.05) is 20.1 Å². The van der Waals surface area contributed by atoms with Crippen molar-refractivity contribution in [2.45, 2.75) is 13.1 Å². The molecule has 3 aromatic rings. The fraction of sp³-hybridized carbons (Fsp3) is 0.150. The summed E-state index contributed by atoms with van der Waals surface area (Å²) >= 11 is 0. The number of nitrogens with zero attached hydrogens (tertiary/aromatic N) is 3. The summed E-state index contributed by atoms with van der Waals surface area (Å²) in [6, 6.07) is 19.3. The van der Waals surface area contributed by atoms with Gasteiger partial charge in [0.05, 0.1) is 0 Å². The lowest BCUT2D eigenvalue weighted by atomic mass is 10.2. The molecule has 1 N–H and O–H groups in total. The molecule has 0 saturated heterocycles. The Labute approximate surface area is 151 Å². The third-order valence-corrected chi connectivity index (χ3v) is 3.88. The number of halogens is 1. The van der Waals surface area contributed by atoms with E-state index < -0.39 is 0 Å². The van der Waals surface area contributed by atoms with Crippen LogP contribution in [0.3, 0.4) is 0 Å². The van der Waals surface area contributed by atoms with E-state index in [1.165, 1.54) is 12.1 Å². The summed E-state index contributed by atoms with van der Waals surface area (Å²) in [5, 5.41) is 11.1. The van der Waals surface area contributed by atoms with Gasteiger partial charge in [-0.05, 0) is 35.4 Å². The van der Waals surface area contributed by atoms with E-state index in [1.807, 2.05) is 30.3 Å². The van der Waals surface area contributed by atoms with Crippen LogP contribution < -0.4 is 5.32 Å². The number of benzene rings is 2. The standard InChI is InChI=1S/C20H19FN4O/c1-25(14-16-5-3-2-4-6-16)20(26)18-11-12-19(24-23-18)22-13-15-7-9-17(21)10-8-15/h2-12H,13-14H2,1H3,(H,22,24). The van der Waals surface area contributed by atoms with Gasteiger partial charge in [-0.15, -0.1) is 10.2 Å². The maximum atomic E-state index is 12.9. The van der Waals surface area contributed by atoms with Gasteiger partial charge in [-0.25, -0.2) is 4.39 Å². The molecule has 0 radical (unpaired) electrons. The van der Waals surface area contributed by atoms with E-state index in [9.17, 15) is 9.18 Å². The number of nitrogens with one attached hydrogen (secondary N) is 1. The summed E-state index contributed by atoms with van der Waals surface area (Å²) in [7, 11) is 1.73. The summed E-state index contributed by atoms with van der Waals surface area (Å²) in [5.41, 5.74) is 2.26. The van der Waals surface area contributed by atoms with Crippen molar-refractivity contribution in [3.63, 3.8) is 0 Å². The van der Waals surface area contributed by atoms with Crippen molar-refractivity contribution in [1.29, 1.82) is 0 Å². The van der Waals surface area contributed by atoms with Gasteiger partial charge in [0.15, 0.2) is 5.69 Å². The van der Waals surface area contributed by atoms with Gasteiger partial charge in [0.2, 0.25) is 0 Å². The van der Waals surface area contributed by atoms with Crippen molar-refractivity contribution >= 4 is 11.7 Å². The molecule has 0 aliphatic rings. The van der Waals surface area contributed by atoms with Crippen LogP contribution in [0.25, 0.3) is 0 Å². The van der Waals surface area contributed by atoms with Crippen molar-refractivity contribution in [2.24, 2.45) is 0 Å².